The first-order chi connectivity index (χ1) is 5.25. The van der Waals surface area contributed by atoms with Gasteiger partial charge in [-0.3, -0.25) is 4.98 Å². The first-order valence-electron chi connectivity index (χ1n) is 3.65. The van der Waals surface area contributed by atoms with Gasteiger partial charge in [-0.05, 0) is 41.1 Å². The van der Waals surface area contributed by atoms with Crippen LogP contribution in [0.1, 0.15) is 25.5 Å². The summed E-state index contributed by atoms with van der Waals surface area (Å²) < 4.78 is 1.25. The lowest BCUT2D eigenvalue weighted by atomic mass is 10.1. The lowest BCUT2D eigenvalue weighted by Gasteiger charge is -2.08. The Morgan fingerprint density at radius 2 is 2.36 bits per heavy atom. The molecular weight excluding hydrogens is 249 g/mol. The Morgan fingerprint density at radius 3 is 2.91 bits per heavy atom. The summed E-state index contributed by atoms with van der Waals surface area (Å²) in [6.45, 7) is 4.22. The van der Waals surface area contributed by atoms with Crippen LogP contribution in [0.15, 0.2) is 18.3 Å². The van der Waals surface area contributed by atoms with Crippen LogP contribution in [0, 0.1) is 9.99 Å². The maximum Gasteiger partial charge on any atom is 0.0567 e. The molecule has 0 amide bonds. The fourth-order valence-corrected chi connectivity index (χ4v) is 1.73. The molecule has 0 fully saturated rings. The molecule has 0 spiro atoms. The highest BCUT2D eigenvalue weighted by molar-refractivity contribution is 14.1. The molecule has 0 aliphatic rings. The molecule has 11 heavy (non-hydrogen) atoms. The van der Waals surface area contributed by atoms with E-state index in [-0.39, 0.29) is 0 Å². The van der Waals surface area contributed by atoms with Gasteiger partial charge in [0.2, 0.25) is 0 Å². The average molecular weight is 260 g/mol. The summed E-state index contributed by atoms with van der Waals surface area (Å²) in [4.78, 5) is 4.31. The van der Waals surface area contributed by atoms with Crippen molar-refractivity contribution in [2.75, 3.05) is 0 Å². The van der Waals surface area contributed by atoms with Gasteiger partial charge in [0.1, 0.15) is 0 Å². The van der Waals surface area contributed by atoms with E-state index in [0.717, 1.165) is 0 Å². The molecule has 1 heterocycles. The predicted octanol–water partition coefficient (Wildman–Crippen LogP) is 3.01. The molecule has 0 saturated carbocycles. The van der Waals surface area contributed by atoms with Crippen molar-refractivity contribution in [3.05, 3.63) is 34.0 Å². The number of hydrogen-bond acceptors (Lipinski definition) is 1. The molecule has 2 heteroatoms. The third kappa shape index (κ3) is 2.15. The standard InChI is InChI=1S/C9H11IN/c1-3-7(2)9-8(10)5-4-6-11-9/h3-7H,1-2H3. The van der Waals surface area contributed by atoms with E-state index in [9.17, 15) is 0 Å². The van der Waals surface area contributed by atoms with Crippen LogP contribution in [0.5, 0.6) is 0 Å². The maximum atomic E-state index is 4.31. The van der Waals surface area contributed by atoms with E-state index in [2.05, 4.69) is 53.9 Å². The summed E-state index contributed by atoms with van der Waals surface area (Å²) >= 11 is 2.32. The normalized spacial score (nSPS) is 13.0. The molecule has 0 N–H and O–H groups in total. The Hall–Kier alpha value is -0.120. The van der Waals surface area contributed by atoms with E-state index < -0.39 is 0 Å². The van der Waals surface area contributed by atoms with Gasteiger partial charge < -0.3 is 0 Å². The molecule has 1 rings (SSSR count). The smallest absolute Gasteiger partial charge is 0.0567 e. The average Bonchev–Trinajstić information content (AvgIpc) is 2.04. The van der Waals surface area contributed by atoms with E-state index in [1.165, 1.54) is 9.26 Å². The number of halogens is 1. The second kappa shape index (κ2) is 4.04. The number of nitrogens with zero attached hydrogens (tertiary/aromatic N) is 1. The van der Waals surface area contributed by atoms with Crippen molar-refractivity contribution < 1.29 is 0 Å². The van der Waals surface area contributed by atoms with Gasteiger partial charge in [0.25, 0.3) is 0 Å². The van der Waals surface area contributed by atoms with E-state index in [0.29, 0.717) is 5.92 Å². The fourth-order valence-electron chi connectivity index (χ4n) is 0.891. The van der Waals surface area contributed by atoms with E-state index in [1.54, 1.807) is 0 Å². The van der Waals surface area contributed by atoms with Crippen molar-refractivity contribution in [3.63, 3.8) is 0 Å². The molecule has 1 atom stereocenters. The molecule has 1 aromatic heterocycles. The SMILES string of the molecule is C[CH]C(C)c1ncccc1I. The second-order valence-corrected chi connectivity index (χ2v) is 3.65. The van der Waals surface area contributed by atoms with Crippen molar-refractivity contribution in [2.24, 2.45) is 0 Å². The van der Waals surface area contributed by atoms with E-state index in [1.807, 2.05) is 12.3 Å². The van der Waals surface area contributed by atoms with Gasteiger partial charge >= 0.3 is 0 Å². The number of rotatable bonds is 2. The number of hydrogen-bond donors (Lipinski definition) is 0. The highest BCUT2D eigenvalue weighted by Gasteiger charge is 2.06. The van der Waals surface area contributed by atoms with Crippen molar-refractivity contribution >= 4 is 22.6 Å². The van der Waals surface area contributed by atoms with Crippen LogP contribution in [-0.2, 0) is 0 Å². The Labute approximate surface area is 81.4 Å². The Morgan fingerprint density at radius 1 is 1.64 bits per heavy atom. The lowest BCUT2D eigenvalue weighted by molar-refractivity contribution is 0.835. The third-order valence-corrected chi connectivity index (χ3v) is 2.63. The van der Waals surface area contributed by atoms with Crippen LogP contribution in [0.4, 0.5) is 0 Å². The fraction of sp³-hybridized carbons (Fsp3) is 0.333. The Bertz CT molecular complexity index is 235. The minimum absolute atomic E-state index is 0.461. The van der Waals surface area contributed by atoms with Crippen LogP contribution in [-0.4, -0.2) is 4.98 Å². The van der Waals surface area contributed by atoms with Crippen LogP contribution in [0.3, 0.4) is 0 Å². The Balaban J connectivity index is 2.93. The highest BCUT2D eigenvalue weighted by atomic mass is 127. The maximum absolute atomic E-state index is 4.31. The molecule has 1 nitrogen and oxygen atoms in total. The lowest BCUT2D eigenvalue weighted by Crippen LogP contribution is -1.98. The highest BCUT2D eigenvalue weighted by Crippen LogP contribution is 2.20. The van der Waals surface area contributed by atoms with Gasteiger partial charge in [0.05, 0.1) is 5.69 Å². The molecule has 0 aliphatic heterocycles. The molecule has 1 radical (unpaired) electrons. The molecule has 0 aromatic carbocycles. The number of aromatic nitrogens is 1. The summed E-state index contributed by atoms with van der Waals surface area (Å²) in [5.41, 5.74) is 1.18. The molecule has 1 unspecified atom stereocenters. The van der Waals surface area contributed by atoms with Crippen LogP contribution >= 0.6 is 22.6 Å². The summed E-state index contributed by atoms with van der Waals surface area (Å²) in [7, 11) is 0. The van der Waals surface area contributed by atoms with Crippen LogP contribution in [0.25, 0.3) is 0 Å². The summed E-state index contributed by atoms with van der Waals surface area (Å²) in [5, 5.41) is 0. The minimum atomic E-state index is 0.461. The molecule has 0 aliphatic carbocycles. The van der Waals surface area contributed by atoms with E-state index >= 15 is 0 Å². The first-order valence-corrected chi connectivity index (χ1v) is 4.73. The van der Waals surface area contributed by atoms with Crippen molar-refractivity contribution in [2.45, 2.75) is 19.8 Å². The topological polar surface area (TPSA) is 12.9 Å². The quantitative estimate of drug-likeness (QED) is 0.745. The van der Waals surface area contributed by atoms with Crippen LogP contribution in [0.2, 0.25) is 0 Å². The van der Waals surface area contributed by atoms with Crippen molar-refractivity contribution in [3.8, 4) is 0 Å². The molecule has 0 saturated heterocycles. The summed E-state index contributed by atoms with van der Waals surface area (Å²) in [6.07, 6.45) is 4.00. The van der Waals surface area contributed by atoms with Gasteiger partial charge in [0, 0.05) is 15.7 Å². The molecule has 1 aromatic rings. The molecule has 0 bridgehead atoms. The van der Waals surface area contributed by atoms with Gasteiger partial charge in [-0.2, -0.15) is 0 Å². The zero-order chi connectivity index (χ0) is 8.27. The number of pyridine rings is 1. The summed E-state index contributed by atoms with van der Waals surface area (Å²) in [5.74, 6) is 0.461. The minimum Gasteiger partial charge on any atom is -0.260 e. The zero-order valence-corrected chi connectivity index (χ0v) is 8.87. The molecular formula is C9H11IN. The van der Waals surface area contributed by atoms with Crippen molar-refractivity contribution in [1.82, 2.24) is 4.98 Å². The summed E-state index contributed by atoms with van der Waals surface area (Å²) in [6, 6.07) is 4.05. The van der Waals surface area contributed by atoms with Crippen LogP contribution < -0.4 is 0 Å². The van der Waals surface area contributed by atoms with Gasteiger partial charge in [-0.1, -0.05) is 13.8 Å². The molecule has 59 valence electrons. The zero-order valence-electron chi connectivity index (χ0n) is 6.71. The van der Waals surface area contributed by atoms with Gasteiger partial charge in [-0.15, -0.1) is 0 Å². The van der Waals surface area contributed by atoms with E-state index in [4.69, 9.17) is 0 Å². The first kappa shape index (κ1) is 8.97. The monoisotopic (exact) mass is 260 g/mol. The van der Waals surface area contributed by atoms with Crippen molar-refractivity contribution in [1.29, 1.82) is 0 Å². The second-order valence-electron chi connectivity index (χ2n) is 2.49. The van der Waals surface area contributed by atoms with Gasteiger partial charge in [0.15, 0.2) is 0 Å². The van der Waals surface area contributed by atoms with Gasteiger partial charge in [-0.25, -0.2) is 0 Å². The Kier molecular flexibility index (Phi) is 3.30. The predicted molar refractivity (Wildman–Crippen MR) is 55.3 cm³/mol. The largest absolute Gasteiger partial charge is 0.260 e. The third-order valence-electron chi connectivity index (χ3n) is 1.72.